The number of nitro groups is 1. The lowest BCUT2D eigenvalue weighted by molar-refractivity contribution is -0.386. The van der Waals surface area contributed by atoms with Crippen LogP contribution in [0.3, 0.4) is 0 Å². The Hall–Kier alpha value is -3.46. The van der Waals surface area contributed by atoms with E-state index in [2.05, 4.69) is 10.6 Å². The van der Waals surface area contributed by atoms with Crippen molar-refractivity contribution in [3.63, 3.8) is 0 Å². The predicted octanol–water partition coefficient (Wildman–Crippen LogP) is 4.02. The monoisotopic (exact) mass is 453 g/mol. The number of allylic oxidation sites excluding steroid dienone is 1. The van der Waals surface area contributed by atoms with E-state index in [1.54, 1.807) is 6.07 Å². The largest absolute Gasteiger partial charge is 0.493 e. The maximum absolute atomic E-state index is 12.7. The molecule has 2 N–H and O–H groups in total. The molecule has 8 nitrogen and oxygen atoms in total. The first-order valence-electron chi connectivity index (χ1n) is 10.3. The lowest BCUT2D eigenvalue weighted by atomic mass is 9.85. The predicted molar refractivity (Wildman–Crippen MR) is 123 cm³/mol. The number of nitrogens with one attached hydrogen (secondary N) is 2. The Bertz CT molecular complexity index is 1130. The molecule has 1 aliphatic carbocycles. The van der Waals surface area contributed by atoms with Gasteiger partial charge in [-0.25, -0.2) is 0 Å². The molecular formula is C23H23N3O5S. The van der Waals surface area contributed by atoms with Gasteiger partial charge >= 0.3 is 5.69 Å². The Morgan fingerprint density at radius 2 is 1.97 bits per heavy atom. The van der Waals surface area contributed by atoms with E-state index in [4.69, 9.17) is 21.7 Å². The van der Waals surface area contributed by atoms with Crippen LogP contribution in [0.1, 0.15) is 42.0 Å². The summed E-state index contributed by atoms with van der Waals surface area (Å²) in [4.78, 5) is 24.1. The fraction of sp³-hybridized carbons (Fsp3) is 0.304. The summed E-state index contributed by atoms with van der Waals surface area (Å²) in [6.45, 7) is 2.13. The number of Topliss-reactive ketones (excluding diaryl/α,β-unsaturated/α-hetero) is 1. The van der Waals surface area contributed by atoms with Gasteiger partial charge in [-0.05, 0) is 49.2 Å². The van der Waals surface area contributed by atoms with Crippen LogP contribution in [0.5, 0.6) is 11.5 Å². The average Bonchev–Trinajstić information content (AvgIpc) is 2.77. The van der Waals surface area contributed by atoms with Gasteiger partial charge in [0, 0.05) is 23.8 Å². The number of methoxy groups -OCH3 is 1. The molecule has 0 radical (unpaired) electrons. The third-order valence-electron chi connectivity index (χ3n) is 5.60. The molecule has 2 aromatic carbocycles. The Morgan fingerprint density at radius 3 is 2.66 bits per heavy atom. The highest BCUT2D eigenvalue weighted by Gasteiger charge is 2.35. The van der Waals surface area contributed by atoms with Crippen LogP contribution in [0.2, 0.25) is 0 Å². The third kappa shape index (κ3) is 4.29. The van der Waals surface area contributed by atoms with E-state index in [0.717, 1.165) is 23.2 Å². The molecule has 1 unspecified atom stereocenters. The molecule has 4 rings (SSSR count). The van der Waals surface area contributed by atoms with Gasteiger partial charge in [-0.15, -0.1) is 0 Å². The average molecular weight is 454 g/mol. The van der Waals surface area contributed by atoms with Crippen LogP contribution in [-0.2, 0) is 11.4 Å². The van der Waals surface area contributed by atoms with Gasteiger partial charge in [-0.3, -0.25) is 14.9 Å². The van der Waals surface area contributed by atoms with Gasteiger partial charge in [0.1, 0.15) is 6.61 Å². The molecule has 0 saturated heterocycles. The van der Waals surface area contributed by atoms with Gasteiger partial charge < -0.3 is 20.1 Å². The van der Waals surface area contributed by atoms with Gasteiger partial charge in [0.05, 0.1) is 18.1 Å². The molecule has 2 aromatic rings. The van der Waals surface area contributed by atoms with E-state index in [1.807, 2.05) is 31.2 Å². The summed E-state index contributed by atoms with van der Waals surface area (Å²) >= 11 is 5.31. The maximum atomic E-state index is 12.7. The highest BCUT2D eigenvalue weighted by atomic mass is 32.1. The summed E-state index contributed by atoms with van der Waals surface area (Å²) < 4.78 is 11.3. The van der Waals surface area contributed by atoms with Crippen molar-refractivity contribution in [2.24, 2.45) is 0 Å². The first-order chi connectivity index (χ1) is 15.4. The quantitative estimate of drug-likeness (QED) is 0.384. The molecule has 166 valence electrons. The SMILES string of the molecule is COc1cc(C2NC(=S)NC3=C2C(=O)CCC3)cc([N+](=O)[O-])c1OCc1ccc(C)cc1. The van der Waals surface area contributed by atoms with Gasteiger partial charge in [-0.1, -0.05) is 29.8 Å². The highest BCUT2D eigenvalue weighted by molar-refractivity contribution is 7.80. The van der Waals surface area contributed by atoms with Gasteiger partial charge in [0.15, 0.2) is 16.6 Å². The topological polar surface area (TPSA) is 103 Å². The van der Waals surface area contributed by atoms with E-state index >= 15 is 0 Å². The molecule has 0 bridgehead atoms. The Kier molecular flexibility index (Phi) is 6.09. The number of thiocarbonyl (C=S) groups is 1. The molecule has 0 spiro atoms. The van der Waals surface area contributed by atoms with E-state index in [0.29, 0.717) is 29.1 Å². The minimum Gasteiger partial charge on any atom is -0.493 e. The smallest absolute Gasteiger partial charge is 0.315 e. The highest BCUT2D eigenvalue weighted by Crippen LogP contribution is 2.43. The number of aryl methyl sites for hydroxylation is 1. The second kappa shape index (κ2) is 8.96. The van der Waals surface area contributed by atoms with Crippen LogP contribution in [0.25, 0.3) is 0 Å². The van der Waals surface area contributed by atoms with E-state index in [-0.39, 0.29) is 29.6 Å². The zero-order valence-corrected chi connectivity index (χ0v) is 18.6. The normalized spacial score (nSPS) is 17.9. The van der Waals surface area contributed by atoms with Crippen LogP contribution >= 0.6 is 12.2 Å². The molecule has 1 aliphatic heterocycles. The number of hydrogen-bond donors (Lipinski definition) is 2. The second-order valence-corrected chi connectivity index (χ2v) is 8.21. The molecule has 9 heteroatoms. The number of ketones is 1. The minimum absolute atomic E-state index is 0.0000625. The number of hydrogen-bond acceptors (Lipinski definition) is 6. The summed E-state index contributed by atoms with van der Waals surface area (Å²) in [7, 11) is 1.43. The minimum atomic E-state index is -0.592. The van der Waals surface area contributed by atoms with Crippen LogP contribution in [0.4, 0.5) is 5.69 Å². The van der Waals surface area contributed by atoms with Crippen molar-refractivity contribution in [3.8, 4) is 11.5 Å². The van der Waals surface area contributed by atoms with Gasteiger partial charge in [0.2, 0.25) is 5.75 Å². The maximum Gasteiger partial charge on any atom is 0.315 e. The summed E-state index contributed by atoms with van der Waals surface area (Å²) in [6.07, 6.45) is 1.88. The fourth-order valence-corrected chi connectivity index (χ4v) is 4.24. The molecule has 2 aliphatic rings. The molecule has 1 atom stereocenters. The molecule has 0 saturated carbocycles. The van der Waals surface area contributed by atoms with Gasteiger partial charge in [-0.2, -0.15) is 0 Å². The number of nitro benzene ring substituents is 1. The first kappa shape index (κ1) is 21.8. The number of rotatable bonds is 6. The van der Waals surface area contributed by atoms with E-state index < -0.39 is 11.0 Å². The molecule has 0 fully saturated rings. The molecule has 1 heterocycles. The summed E-state index contributed by atoms with van der Waals surface area (Å²) in [5.74, 6) is 0.264. The van der Waals surface area contributed by atoms with Crippen LogP contribution in [0.15, 0.2) is 47.7 Å². The standard InChI is InChI=1S/C23H23N3O5S/c1-13-6-8-14(9-7-13)12-31-22-17(26(28)29)10-15(11-19(22)30-2)21-20-16(24-23(32)25-21)4-3-5-18(20)27/h6-11,21H,3-5,12H2,1-2H3,(H2,24,25,32). The van der Waals surface area contributed by atoms with Crippen molar-refractivity contribution in [2.75, 3.05) is 7.11 Å². The van der Waals surface area contributed by atoms with Crippen LogP contribution < -0.4 is 20.1 Å². The summed E-state index contributed by atoms with van der Waals surface area (Å²) in [5, 5.41) is 18.4. The zero-order valence-electron chi connectivity index (χ0n) is 17.8. The number of benzene rings is 2. The summed E-state index contributed by atoms with van der Waals surface area (Å²) in [6, 6.07) is 10.2. The lowest BCUT2D eigenvalue weighted by Crippen LogP contribution is -2.46. The lowest BCUT2D eigenvalue weighted by Gasteiger charge is -2.33. The number of carbonyl (C=O) groups excluding carboxylic acids is 1. The molecule has 0 amide bonds. The molecule has 0 aromatic heterocycles. The van der Waals surface area contributed by atoms with E-state index in [9.17, 15) is 14.9 Å². The molecule has 32 heavy (non-hydrogen) atoms. The fourth-order valence-electron chi connectivity index (χ4n) is 4.00. The number of nitrogens with zero attached hydrogens (tertiary/aromatic N) is 1. The third-order valence-corrected chi connectivity index (χ3v) is 5.82. The number of ether oxygens (including phenoxy) is 2. The Balaban J connectivity index is 1.73. The Labute approximate surface area is 190 Å². The first-order valence-corrected chi connectivity index (χ1v) is 10.7. The second-order valence-electron chi connectivity index (χ2n) is 7.80. The van der Waals surface area contributed by atoms with Crippen LogP contribution in [0, 0.1) is 17.0 Å². The Morgan fingerprint density at radius 1 is 1.22 bits per heavy atom. The summed E-state index contributed by atoms with van der Waals surface area (Å²) in [5.41, 5.74) is 3.61. The van der Waals surface area contributed by atoms with Crippen molar-refractivity contribution < 1.29 is 19.2 Å². The molecular weight excluding hydrogens is 430 g/mol. The van der Waals surface area contributed by atoms with Crippen molar-refractivity contribution in [1.29, 1.82) is 0 Å². The van der Waals surface area contributed by atoms with Crippen molar-refractivity contribution in [1.82, 2.24) is 10.6 Å². The van der Waals surface area contributed by atoms with E-state index in [1.165, 1.54) is 13.2 Å². The number of carbonyl (C=O) groups is 1. The van der Waals surface area contributed by atoms with Crippen molar-refractivity contribution in [3.05, 3.63) is 74.5 Å². The van der Waals surface area contributed by atoms with Gasteiger partial charge in [0.25, 0.3) is 0 Å². The van der Waals surface area contributed by atoms with Crippen LogP contribution in [-0.4, -0.2) is 22.9 Å². The zero-order chi connectivity index (χ0) is 22.8. The van der Waals surface area contributed by atoms with Crippen molar-refractivity contribution >= 4 is 28.8 Å². The van der Waals surface area contributed by atoms with Crippen molar-refractivity contribution in [2.45, 2.75) is 38.8 Å².